The molecule has 1 heterocycles. The van der Waals surface area contributed by atoms with Crippen LogP contribution in [0, 0.1) is 0 Å². The number of hydrogen-bond acceptors (Lipinski definition) is 3. The van der Waals surface area contributed by atoms with Crippen LogP contribution in [0.5, 0.6) is 0 Å². The van der Waals surface area contributed by atoms with Crippen LogP contribution in [0.4, 0.5) is 5.69 Å². The van der Waals surface area contributed by atoms with E-state index in [1.54, 1.807) is 0 Å². The quantitative estimate of drug-likeness (QED) is 0.895. The molecule has 0 aliphatic carbocycles. The van der Waals surface area contributed by atoms with Crippen LogP contribution >= 0.6 is 0 Å². The van der Waals surface area contributed by atoms with Gasteiger partial charge in [0.2, 0.25) is 0 Å². The van der Waals surface area contributed by atoms with E-state index in [1.165, 1.54) is 11.3 Å². The summed E-state index contributed by atoms with van der Waals surface area (Å²) in [6.07, 6.45) is 3.93. The number of rotatable bonds is 4. The highest BCUT2D eigenvalue weighted by Crippen LogP contribution is 2.18. The second-order valence-corrected chi connectivity index (χ2v) is 4.76. The molecule has 2 rings (SSSR count). The topological polar surface area (TPSA) is 47.1 Å². The SMILES string of the molecule is CC(N)c1ccc(N(C)Cc2cnn(C)c2)cc1. The molecule has 0 radical (unpaired) electrons. The number of aromatic nitrogens is 2. The Morgan fingerprint density at radius 2 is 2.00 bits per heavy atom. The first-order valence-electron chi connectivity index (χ1n) is 6.10. The van der Waals surface area contributed by atoms with Crippen molar-refractivity contribution in [2.24, 2.45) is 12.8 Å². The number of hydrogen-bond donors (Lipinski definition) is 1. The third kappa shape index (κ3) is 2.90. The summed E-state index contributed by atoms with van der Waals surface area (Å²) in [6, 6.07) is 8.46. The van der Waals surface area contributed by atoms with Gasteiger partial charge in [-0.3, -0.25) is 4.68 Å². The summed E-state index contributed by atoms with van der Waals surface area (Å²) >= 11 is 0. The molecule has 2 N–H and O–H groups in total. The third-order valence-electron chi connectivity index (χ3n) is 3.04. The lowest BCUT2D eigenvalue weighted by Crippen LogP contribution is -2.16. The van der Waals surface area contributed by atoms with Crippen LogP contribution in [-0.2, 0) is 13.6 Å². The summed E-state index contributed by atoms with van der Waals surface area (Å²) in [7, 11) is 4.01. The Balaban J connectivity index is 2.06. The molecule has 0 saturated heterocycles. The summed E-state index contributed by atoms with van der Waals surface area (Å²) in [6.45, 7) is 2.85. The molecule has 2 aromatic rings. The van der Waals surface area contributed by atoms with Crippen LogP contribution in [-0.4, -0.2) is 16.8 Å². The predicted molar refractivity (Wildman–Crippen MR) is 74.4 cm³/mol. The maximum Gasteiger partial charge on any atom is 0.0539 e. The van der Waals surface area contributed by atoms with Crippen LogP contribution < -0.4 is 10.6 Å². The Labute approximate surface area is 108 Å². The fourth-order valence-corrected chi connectivity index (χ4v) is 1.95. The van der Waals surface area contributed by atoms with E-state index >= 15 is 0 Å². The van der Waals surface area contributed by atoms with Gasteiger partial charge in [0.05, 0.1) is 6.20 Å². The molecule has 0 fully saturated rings. The minimum absolute atomic E-state index is 0.0858. The van der Waals surface area contributed by atoms with Crippen molar-refractivity contribution in [3.63, 3.8) is 0 Å². The van der Waals surface area contributed by atoms with Gasteiger partial charge in [-0.15, -0.1) is 0 Å². The Morgan fingerprint density at radius 3 is 2.50 bits per heavy atom. The van der Waals surface area contributed by atoms with Crippen LogP contribution in [0.25, 0.3) is 0 Å². The number of aryl methyl sites for hydroxylation is 1. The van der Waals surface area contributed by atoms with Crippen molar-refractivity contribution in [3.8, 4) is 0 Å². The monoisotopic (exact) mass is 244 g/mol. The van der Waals surface area contributed by atoms with Gasteiger partial charge in [-0.2, -0.15) is 5.10 Å². The first-order chi connectivity index (χ1) is 8.56. The highest BCUT2D eigenvalue weighted by molar-refractivity contribution is 5.47. The van der Waals surface area contributed by atoms with Crippen molar-refractivity contribution < 1.29 is 0 Å². The van der Waals surface area contributed by atoms with Gasteiger partial charge < -0.3 is 10.6 Å². The number of anilines is 1. The average Bonchev–Trinajstić information content (AvgIpc) is 2.75. The molecule has 0 bridgehead atoms. The molecule has 4 nitrogen and oxygen atoms in total. The predicted octanol–water partition coefficient (Wildman–Crippen LogP) is 2.08. The number of benzene rings is 1. The zero-order valence-electron chi connectivity index (χ0n) is 11.2. The lowest BCUT2D eigenvalue weighted by molar-refractivity contribution is 0.766. The first kappa shape index (κ1) is 12.6. The largest absolute Gasteiger partial charge is 0.370 e. The van der Waals surface area contributed by atoms with Crippen molar-refractivity contribution in [1.29, 1.82) is 0 Å². The maximum absolute atomic E-state index is 5.84. The number of nitrogens with zero attached hydrogens (tertiary/aromatic N) is 3. The zero-order valence-corrected chi connectivity index (χ0v) is 11.2. The van der Waals surface area contributed by atoms with Gasteiger partial charge >= 0.3 is 0 Å². The summed E-state index contributed by atoms with van der Waals surface area (Å²) in [4.78, 5) is 2.20. The molecule has 0 aliphatic rings. The van der Waals surface area contributed by atoms with E-state index in [1.807, 2.05) is 31.0 Å². The van der Waals surface area contributed by atoms with Crippen LogP contribution in [0.3, 0.4) is 0 Å². The molecule has 1 atom stereocenters. The third-order valence-corrected chi connectivity index (χ3v) is 3.04. The molecule has 1 unspecified atom stereocenters. The highest BCUT2D eigenvalue weighted by Gasteiger charge is 2.05. The Bertz CT molecular complexity index is 499. The fraction of sp³-hybridized carbons (Fsp3) is 0.357. The molecule has 0 amide bonds. The minimum Gasteiger partial charge on any atom is -0.370 e. The van der Waals surface area contributed by atoms with Gasteiger partial charge in [-0.05, 0) is 24.6 Å². The molecule has 0 saturated carbocycles. The Kier molecular flexibility index (Phi) is 3.67. The van der Waals surface area contributed by atoms with Crippen molar-refractivity contribution in [1.82, 2.24) is 9.78 Å². The normalized spacial score (nSPS) is 12.4. The summed E-state index contributed by atoms with van der Waals surface area (Å²) in [5.41, 5.74) is 9.39. The zero-order chi connectivity index (χ0) is 13.1. The van der Waals surface area contributed by atoms with E-state index in [4.69, 9.17) is 5.73 Å². The van der Waals surface area contributed by atoms with Crippen molar-refractivity contribution in [3.05, 3.63) is 47.8 Å². The molecule has 4 heteroatoms. The van der Waals surface area contributed by atoms with Gasteiger partial charge in [0.1, 0.15) is 0 Å². The van der Waals surface area contributed by atoms with Crippen LogP contribution in [0.2, 0.25) is 0 Å². The molecular formula is C14H20N4. The second-order valence-electron chi connectivity index (χ2n) is 4.76. The standard InChI is InChI=1S/C14H20N4/c1-11(15)13-4-6-14(7-5-13)17(2)9-12-8-16-18(3)10-12/h4-8,10-11H,9,15H2,1-3H3. The van der Waals surface area contributed by atoms with E-state index in [-0.39, 0.29) is 6.04 Å². The van der Waals surface area contributed by atoms with E-state index < -0.39 is 0 Å². The van der Waals surface area contributed by atoms with Crippen LogP contribution in [0.15, 0.2) is 36.7 Å². The lowest BCUT2D eigenvalue weighted by atomic mass is 10.1. The van der Waals surface area contributed by atoms with E-state index in [2.05, 4.69) is 41.3 Å². The molecule has 0 aliphatic heterocycles. The van der Waals surface area contributed by atoms with E-state index in [0.717, 1.165) is 12.1 Å². The lowest BCUT2D eigenvalue weighted by Gasteiger charge is -2.19. The van der Waals surface area contributed by atoms with Crippen molar-refractivity contribution >= 4 is 5.69 Å². The van der Waals surface area contributed by atoms with Gasteiger partial charge in [0, 0.05) is 44.1 Å². The molecular weight excluding hydrogens is 224 g/mol. The number of nitrogens with two attached hydrogens (primary N) is 1. The molecule has 1 aromatic carbocycles. The second kappa shape index (κ2) is 5.23. The van der Waals surface area contributed by atoms with Gasteiger partial charge in [-0.25, -0.2) is 0 Å². The molecule has 0 spiro atoms. The molecule has 96 valence electrons. The first-order valence-corrected chi connectivity index (χ1v) is 6.10. The fourth-order valence-electron chi connectivity index (χ4n) is 1.95. The van der Waals surface area contributed by atoms with Crippen molar-refractivity contribution in [2.75, 3.05) is 11.9 Å². The molecule has 1 aromatic heterocycles. The summed E-state index contributed by atoms with van der Waals surface area (Å²) in [5.74, 6) is 0. The van der Waals surface area contributed by atoms with E-state index in [9.17, 15) is 0 Å². The van der Waals surface area contributed by atoms with Crippen molar-refractivity contribution in [2.45, 2.75) is 19.5 Å². The summed E-state index contributed by atoms with van der Waals surface area (Å²) in [5, 5.41) is 4.17. The van der Waals surface area contributed by atoms with Crippen LogP contribution in [0.1, 0.15) is 24.1 Å². The van der Waals surface area contributed by atoms with Gasteiger partial charge in [0.15, 0.2) is 0 Å². The van der Waals surface area contributed by atoms with E-state index in [0.29, 0.717) is 0 Å². The summed E-state index contributed by atoms with van der Waals surface area (Å²) < 4.78 is 1.82. The Morgan fingerprint density at radius 1 is 1.33 bits per heavy atom. The molecule has 18 heavy (non-hydrogen) atoms. The minimum atomic E-state index is 0.0858. The Hall–Kier alpha value is -1.81. The average molecular weight is 244 g/mol. The van der Waals surface area contributed by atoms with Gasteiger partial charge in [-0.1, -0.05) is 12.1 Å². The smallest absolute Gasteiger partial charge is 0.0539 e. The highest BCUT2D eigenvalue weighted by atomic mass is 15.2. The van der Waals surface area contributed by atoms with Gasteiger partial charge in [0.25, 0.3) is 0 Å². The maximum atomic E-state index is 5.84.